The van der Waals surface area contributed by atoms with Crippen LogP contribution in [0.15, 0.2) is 60.7 Å². The summed E-state index contributed by atoms with van der Waals surface area (Å²) in [5, 5.41) is 15.0. The SMILES string of the molecule is CN(C)C(=O)c1ccc(CNC(=O)C2CCCN2C(=O)c2ccc3ccccc3c2O)cc1. The first-order chi connectivity index (χ1) is 15.9. The zero-order valence-electron chi connectivity index (χ0n) is 18.7. The molecule has 0 bridgehead atoms. The molecule has 33 heavy (non-hydrogen) atoms. The molecule has 3 aromatic rings. The lowest BCUT2D eigenvalue weighted by Gasteiger charge is -2.24. The predicted molar refractivity (Wildman–Crippen MR) is 126 cm³/mol. The average Bonchev–Trinajstić information content (AvgIpc) is 3.32. The molecule has 1 atom stereocenters. The molecule has 1 fully saturated rings. The number of nitrogens with one attached hydrogen (secondary N) is 1. The van der Waals surface area contributed by atoms with Crippen LogP contribution in [-0.2, 0) is 11.3 Å². The molecule has 1 saturated heterocycles. The van der Waals surface area contributed by atoms with Crippen LogP contribution in [0.4, 0.5) is 0 Å². The van der Waals surface area contributed by atoms with Crippen LogP contribution in [0.25, 0.3) is 10.8 Å². The summed E-state index contributed by atoms with van der Waals surface area (Å²) in [5.74, 6) is -0.712. The number of aromatic hydroxyl groups is 1. The molecule has 7 heteroatoms. The van der Waals surface area contributed by atoms with Crippen LogP contribution in [0.3, 0.4) is 0 Å². The maximum Gasteiger partial charge on any atom is 0.258 e. The van der Waals surface area contributed by atoms with Crippen molar-refractivity contribution < 1.29 is 19.5 Å². The Morgan fingerprint density at radius 2 is 1.76 bits per heavy atom. The molecule has 0 spiro atoms. The number of amides is 3. The number of rotatable bonds is 5. The molecule has 4 rings (SSSR count). The number of carbonyl (C=O) groups excluding carboxylic acids is 3. The van der Waals surface area contributed by atoms with Gasteiger partial charge in [0.2, 0.25) is 5.91 Å². The van der Waals surface area contributed by atoms with E-state index in [0.717, 1.165) is 17.4 Å². The number of phenolic OH excluding ortho intramolecular Hbond substituents is 1. The summed E-state index contributed by atoms with van der Waals surface area (Å²) in [6.07, 6.45) is 1.29. The molecule has 0 aromatic heterocycles. The number of hydrogen-bond acceptors (Lipinski definition) is 4. The number of benzene rings is 3. The molecule has 0 radical (unpaired) electrons. The van der Waals surface area contributed by atoms with Gasteiger partial charge in [0.05, 0.1) is 5.56 Å². The van der Waals surface area contributed by atoms with E-state index in [4.69, 9.17) is 0 Å². The van der Waals surface area contributed by atoms with Crippen molar-refractivity contribution in [3.8, 4) is 5.75 Å². The Morgan fingerprint density at radius 3 is 2.48 bits per heavy atom. The standard InChI is InChI=1S/C26H27N3O4/c1-28(2)25(32)19-11-9-17(10-12-19)16-27-24(31)22-8-5-15-29(22)26(33)21-14-13-18-6-3-4-7-20(18)23(21)30/h3-4,6-7,9-14,22,30H,5,8,15-16H2,1-2H3,(H,27,31). The van der Waals surface area contributed by atoms with Gasteiger partial charge < -0.3 is 20.2 Å². The summed E-state index contributed by atoms with van der Waals surface area (Å²) in [6.45, 7) is 0.763. The van der Waals surface area contributed by atoms with E-state index in [1.165, 1.54) is 9.80 Å². The van der Waals surface area contributed by atoms with Crippen LogP contribution >= 0.6 is 0 Å². The average molecular weight is 446 g/mol. The van der Waals surface area contributed by atoms with E-state index in [2.05, 4.69) is 5.32 Å². The third-order valence-corrected chi connectivity index (χ3v) is 6.02. The second-order valence-corrected chi connectivity index (χ2v) is 8.45. The van der Waals surface area contributed by atoms with E-state index >= 15 is 0 Å². The normalized spacial score (nSPS) is 15.5. The van der Waals surface area contributed by atoms with E-state index < -0.39 is 6.04 Å². The maximum absolute atomic E-state index is 13.2. The van der Waals surface area contributed by atoms with Crippen molar-refractivity contribution in [3.05, 3.63) is 77.4 Å². The third-order valence-electron chi connectivity index (χ3n) is 6.02. The molecule has 1 unspecified atom stereocenters. The number of carbonyl (C=O) groups is 3. The first-order valence-electron chi connectivity index (χ1n) is 11.0. The summed E-state index contributed by atoms with van der Waals surface area (Å²) < 4.78 is 0. The van der Waals surface area contributed by atoms with Gasteiger partial charge in [-0.25, -0.2) is 0 Å². The van der Waals surface area contributed by atoms with Gasteiger partial charge in [0.25, 0.3) is 11.8 Å². The molecule has 1 aliphatic heterocycles. The quantitative estimate of drug-likeness (QED) is 0.631. The molecule has 3 amide bonds. The smallest absolute Gasteiger partial charge is 0.258 e. The van der Waals surface area contributed by atoms with Crippen LogP contribution in [0, 0.1) is 0 Å². The Labute approximate surface area is 192 Å². The van der Waals surface area contributed by atoms with Gasteiger partial charge in [0.15, 0.2) is 0 Å². The topological polar surface area (TPSA) is 90.0 Å². The molecule has 170 valence electrons. The van der Waals surface area contributed by atoms with Gasteiger partial charge in [-0.15, -0.1) is 0 Å². The van der Waals surface area contributed by atoms with Gasteiger partial charge >= 0.3 is 0 Å². The zero-order chi connectivity index (χ0) is 23.5. The number of likely N-dealkylation sites (tertiary alicyclic amines) is 1. The van der Waals surface area contributed by atoms with Crippen LogP contribution in [0.2, 0.25) is 0 Å². The second kappa shape index (κ2) is 9.32. The number of nitrogens with zero attached hydrogens (tertiary/aromatic N) is 2. The van der Waals surface area contributed by atoms with Crippen LogP contribution < -0.4 is 5.32 Å². The van der Waals surface area contributed by atoms with Crippen molar-refractivity contribution in [1.29, 1.82) is 0 Å². The minimum Gasteiger partial charge on any atom is -0.506 e. The molecular formula is C26H27N3O4. The minimum atomic E-state index is -0.585. The van der Waals surface area contributed by atoms with Crippen LogP contribution in [0.1, 0.15) is 39.1 Å². The highest BCUT2D eigenvalue weighted by atomic mass is 16.3. The van der Waals surface area contributed by atoms with Gasteiger partial charge in [0.1, 0.15) is 11.8 Å². The van der Waals surface area contributed by atoms with E-state index in [9.17, 15) is 19.5 Å². The van der Waals surface area contributed by atoms with Gasteiger partial charge in [-0.3, -0.25) is 14.4 Å². The van der Waals surface area contributed by atoms with Crippen molar-refractivity contribution in [2.75, 3.05) is 20.6 Å². The molecular weight excluding hydrogens is 418 g/mol. The second-order valence-electron chi connectivity index (χ2n) is 8.45. The number of phenols is 1. The van der Waals surface area contributed by atoms with Crippen molar-refractivity contribution in [3.63, 3.8) is 0 Å². The minimum absolute atomic E-state index is 0.0588. The maximum atomic E-state index is 13.2. The Bertz CT molecular complexity index is 1200. The Balaban J connectivity index is 1.44. The fourth-order valence-corrected chi connectivity index (χ4v) is 4.20. The summed E-state index contributed by atoms with van der Waals surface area (Å²) >= 11 is 0. The first kappa shape index (κ1) is 22.3. The molecule has 2 N–H and O–H groups in total. The van der Waals surface area contributed by atoms with Crippen LogP contribution in [-0.4, -0.2) is 59.3 Å². The summed E-state index contributed by atoms with van der Waals surface area (Å²) in [7, 11) is 3.39. The molecule has 1 aliphatic rings. The van der Waals surface area contributed by atoms with Crippen molar-refractivity contribution >= 4 is 28.5 Å². The van der Waals surface area contributed by atoms with Gasteiger partial charge in [-0.1, -0.05) is 42.5 Å². The number of fused-ring (bicyclic) bond motifs is 1. The van der Waals surface area contributed by atoms with E-state index in [1.807, 2.05) is 30.3 Å². The highest BCUT2D eigenvalue weighted by molar-refractivity contribution is 6.05. The molecule has 3 aromatic carbocycles. The fraction of sp³-hybridized carbons (Fsp3) is 0.269. The van der Waals surface area contributed by atoms with Gasteiger partial charge in [-0.05, 0) is 42.0 Å². The predicted octanol–water partition coefficient (Wildman–Crippen LogP) is 3.17. The van der Waals surface area contributed by atoms with Crippen molar-refractivity contribution in [2.45, 2.75) is 25.4 Å². The summed E-state index contributed by atoms with van der Waals surface area (Å²) in [6, 6.07) is 17.2. The van der Waals surface area contributed by atoms with Crippen molar-refractivity contribution in [1.82, 2.24) is 15.1 Å². The first-order valence-corrected chi connectivity index (χ1v) is 11.0. The lowest BCUT2D eigenvalue weighted by atomic mass is 10.0. The van der Waals surface area contributed by atoms with E-state index in [0.29, 0.717) is 30.5 Å². The van der Waals surface area contributed by atoms with Crippen molar-refractivity contribution in [2.24, 2.45) is 0 Å². The molecule has 0 aliphatic carbocycles. The summed E-state index contributed by atoms with van der Waals surface area (Å²) in [4.78, 5) is 41.2. The highest BCUT2D eigenvalue weighted by Crippen LogP contribution is 2.31. The Morgan fingerprint density at radius 1 is 1.03 bits per heavy atom. The molecule has 7 nitrogen and oxygen atoms in total. The number of hydrogen-bond donors (Lipinski definition) is 2. The van der Waals surface area contributed by atoms with E-state index in [1.54, 1.807) is 44.4 Å². The largest absolute Gasteiger partial charge is 0.506 e. The fourth-order valence-electron chi connectivity index (χ4n) is 4.20. The van der Waals surface area contributed by atoms with Gasteiger partial charge in [-0.2, -0.15) is 0 Å². The van der Waals surface area contributed by atoms with E-state index in [-0.39, 0.29) is 29.0 Å². The summed E-state index contributed by atoms with van der Waals surface area (Å²) in [5.41, 5.74) is 1.65. The molecule has 1 heterocycles. The highest BCUT2D eigenvalue weighted by Gasteiger charge is 2.35. The lowest BCUT2D eigenvalue weighted by Crippen LogP contribution is -2.45. The van der Waals surface area contributed by atoms with Crippen LogP contribution in [0.5, 0.6) is 5.75 Å². The Kier molecular flexibility index (Phi) is 6.31. The lowest BCUT2D eigenvalue weighted by molar-refractivity contribution is -0.125. The van der Waals surface area contributed by atoms with Gasteiger partial charge in [0, 0.05) is 38.1 Å². The molecule has 0 saturated carbocycles. The zero-order valence-corrected chi connectivity index (χ0v) is 18.7. The Hall–Kier alpha value is -3.87. The monoisotopic (exact) mass is 445 g/mol. The third kappa shape index (κ3) is 4.53.